The molecule has 0 spiro atoms. The molecule has 6 saturated carbocycles. The molecule has 2 saturated heterocycles. The van der Waals surface area contributed by atoms with Crippen LogP contribution >= 0.6 is 0 Å². The molecule has 0 N–H and O–H groups in total. The first kappa shape index (κ1) is 107. The lowest BCUT2D eigenvalue weighted by atomic mass is 9.75. The minimum absolute atomic E-state index is 0.0726. The van der Waals surface area contributed by atoms with Crippen molar-refractivity contribution in [2.75, 3.05) is 0 Å². The second kappa shape index (κ2) is 37.3. The van der Waals surface area contributed by atoms with Crippen LogP contribution in [0.25, 0.3) is 22.3 Å². The van der Waals surface area contributed by atoms with E-state index in [0.29, 0.717) is 29.2 Å². The topological polar surface area (TPSA) is 13.0 Å². The first-order chi connectivity index (χ1) is 64.8. The Bertz CT molecular complexity index is 5480. The zero-order chi connectivity index (χ0) is 102. The van der Waals surface area contributed by atoms with Gasteiger partial charge in [-0.2, -0.15) is 0 Å². The molecule has 0 radical (unpaired) electrons. The van der Waals surface area contributed by atoms with E-state index in [1.807, 2.05) is 0 Å². The molecule has 4 nitrogen and oxygen atoms in total. The molecule has 14 aliphatic carbocycles. The average molecular weight is 1960 g/mol. The van der Waals surface area contributed by atoms with Crippen molar-refractivity contribution >= 4 is 55.2 Å². The predicted octanol–water partition coefficient (Wildman–Crippen LogP) is 37.2. The minimum Gasteiger partial charge on any atom is -0.316 e. The molecule has 4 aromatic rings. The first-order valence-corrected chi connectivity index (χ1v) is 69.2. The highest BCUT2D eigenvalue weighted by atomic mass is 28.3. The van der Waals surface area contributed by atoms with Crippen LogP contribution in [0.5, 0.6) is 0 Å². The average Bonchev–Trinajstić information content (AvgIpc) is 1.56. The van der Waals surface area contributed by atoms with Crippen molar-refractivity contribution in [3.05, 3.63) is 211 Å². The smallest absolute Gasteiger partial charge is 0.133 e. The van der Waals surface area contributed by atoms with E-state index in [-0.39, 0.29) is 60.2 Å². The van der Waals surface area contributed by atoms with Gasteiger partial charge in [-0.1, -0.05) is 360 Å². The Balaban J connectivity index is 0.000000129. The molecule has 2 heterocycles. The Kier molecular flexibility index (Phi) is 28.5. The minimum atomic E-state index is -1.79. The van der Waals surface area contributed by atoms with Gasteiger partial charge in [-0.25, -0.2) is 0 Å². The molecule has 8 heteroatoms. The lowest BCUT2D eigenvalue weighted by Crippen LogP contribution is -2.68. The van der Waals surface area contributed by atoms with Crippen LogP contribution in [0, 0.1) is 59.2 Å². The van der Waals surface area contributed by atoms with Crippen LogP contribution in [0.3, 0.4) is 0 Å². The van der Waals surface area contributed by atoms with Gasteiger partial charge in [0.05, 0.1) is 0 Å². The quantitative estimate of drug-likeness (QED) is 0.147. The maximum absolute atomic E-state index is 3.31. The number of hydrogen-bond acceptors (Lipinski definition) is 4. The summed E-state index contributed by atoms with van der Waals surface area (Å²) in [6.07, 6.45) is 54.1. The van der Waals surface area contributed by atoms with Gasteiger partial charge in [0.1, 0.15) is 32.9 Å². The van der Waals surface area contributed by atoms with E-state index in [9.17, 15) is 0 Å². The number of allylic oxidation sites excluding steroid dienone is 16. The van der Waals surface area contributed by atoms with Gasteiger partial charge < -0.3 is 18.3 Å². The maximum Gasteiger partial charge on any atom is 0.133 e. The van der Waals surface area contributed by atoms with Crippen LogP contribution in [-0.2, 0) is 32.5 Å². The van der Waals surface area contributed by atoms with Gasteiger partial charge in [-0.05, 0) is 393 Å². The SMILES string of the molecule is CC(C)(C)c1ccc2c(c1)C(C)(C)C1=CC3C(C=C12)CCC3[Si](C)(C)N(C(C)(C)C)C(C)(C)C.CC1(C)C2=CC3C(C=C2c2ccccc21)CCC3[Si]1(N(C2CCCCC2)C(C)(C)C)CCCCC1.CC1CC2C=C3C(=CC2C1[Si](C)(C)N(C(C)(C)C)C(C)(C)C)C(C)(C)c1cc(C(C)(C)C)ccc13.CC1CC2C=C3C(=CC2C1[Si]1(N(C2CCCCC2)C(C)(C)C)CCCCC1)C(C)(C)c1ccccc13. The fraction of sp³-hybridized carbons (Fsp3) is 0.697. The van der Waals surface area contributed by atoms with Gasteiger partial charge in [0.25, 0.3) is 0 Å². The summed E-state index contributed by atoms with van der Waals surface area (Å²) in [6.45, 7) is 94.4. The fourth-order valence-corrected chi connectivity index (χ4v) is 65.8. The molecule has 14 atom stereocenters. The Hall–Kier alpha value is -4.49. The van der Waals surface area contributed by atoms with Crippen molar-refractivity contribution in [1.82, 2.24) is 18.3 Å². The lowest BCUT2D eigenvalue weighted by molar-refractivity contribution is 0.121. The van der Waals surface area contributed by atoms with Crippen molar-refractivity contribution in [3.63, 3.8) is 0 Å². The molecule has 140 heavy (non-hydrogen) atoms. The van der Waals surface area contributed by atoms with Crippen molar-refractivity contribution in [1.29, 1.82) is 0 Å². The highest BCUT2D eigenvalue weighted by Gasteiger charge is 2.64. The molecule has 0 amide bonds. The molecule has 16 aliphatic rings. The highest BCUT2D eigenvalue weighted by molar-refractivity contribution is 6.80. The molecule has 2 aliphatic heterocycles. The molecule has 20 rings (SSSR count). The van der Waals surface area contributed by atoms with Crippen molar-refractivity contribution in [3.8, 4) is 0 Å². The van der Waals surface area contributed by atoms with E-state index >= 15 is 0 Å². The summed E-state index contributed by atoms with van der Waals surface area (Å²) in [4.78, 5) is 0. The molecule has 4 aromatic carbocycles. The summed E-state index contributed by atoms with van der Waals surface area (Å²) in [5.74, 6) is 7.36. The zero-order valence-electron chi connectivity index (χ0n) is 97.1. The largest absolute Gasteiger partial charge is 0.316 e. The molecular weight excluding hydrogens is 1750 g/mol. The van der Waals surface area contributed by atoms with Crippen LogP contribution in [0.1, 0.15) is 432 Å². The summed E-state index contributed by atoms with van der Waals surface area (Å²) < 4.78 is 12.5. The van der Waals surface area contributed by atoms with Gasteiger partial charge in [0.15, 0.2) is 0 Å². The zero-order valence-corrected chi connectivity index (χ0v) is 101. The highest BCUT2D eigenvalue weighted by Crippen LogP contribution is 2.69. The van der Waals surface area contributed by atoms with Crippen LogP contribution in [0.2, 0.25) is 72.5 Å². The van der Waals surface area contributed by atoms with E-state index < -0.39 is 32.9 Å². The van der Waals surface area contributed by atoms with E-state index in [0.717, 1.165) is 69.8 Å². The van der Waals surface area contributed by atoms with Crippen LogP contribution in [0.15, 0.2) is 156 Å². The predicted molar refractivity (Wildman–Crippen MR) is 621 cm³/mol. The monoisotopic (exact) mass is 1960 g/mol. The Labute approximate surface area is 864 Å². The van der Waals surface area contributed by atoms with Crippen molar-refractivity contribution < 1.29 is 0 Å². The standard InChI is InChI=1S/C34H51NSi.C33H49NSi.C33H53NSi.C32H51NSi/c1-24-21-25-22-29-27-17-11-12-18-30(27)34(5,6)31(29)23-28(25)32(24)36(19-13-8-14-20-36)35(33(2,3)4)26-15-9-7-10-16-26;1-32(2,3)34(25-14-8-6-9-15-25)35(20-12-7-13-21-35)31-19-18-24-22-28-26-16-10-11-17-29(26)33(4,5)30(28)23-27(24)31;1-21-17-22-18-26-24-16-15-23(30(2,3)4)19-27(24)33(11,12)28(26)20-25(22)29(21)35(13,14)34(31(5,6)7)32(8,9)10;1-29(2,3)22-15-16-23-25-18-21-14-17-28(24(21)20-27(25)32(10,11)26(23)19-22)34(12,13)33(30(4,5)6)31(7,8)9/h11-12,17-18,22-26,28,32H,7-10,13-16,19-21H2,1-6H3;10-11,16-17,22-25,27,31H,6-9,12-15,18-21H2,1-5H3;15-16,18-22,25,29H,17H2,1-14H3;15-16,18-21,24,28H,14,17H2,1-13H3. The van der Waals surface area contributed by atoms with Crippen molar-refractivity contribution in [2.24, 2.45) is 59.2 Å². The molecule has 0 aromatic heterocycles. The number of hydrogen-bond donors (Lipinski definition) is 0. The van der Waals surface area contributed by atoms with Gasteiger partial charge >= 0.3 is 0 Å². The second-order valence-electron chi connectivity index (χ2n) is 60.7. The molecule has 14 unspecified atom stereocenters. The number of fused-ring (bicyclic) bond motifs is 16. The van der Waals surface area contributed by atoms with E-state index in [4.69, 9.17) is 0 Å². The van der Waals surface area contributed by atoms with Crippen molar-refractivity contribution in [2.45, 2.75) is 527 Å². The van der Waals surface area contributed by atoms with E-state index in [1.165, 1.54) is 186 Å². The van der Waals surface area contributed by atoms with Crippen LogP contribution in [-0.4, -0.2) is 96.5 Å². The summed E-state index contributed by atoms with van der Waals surface area (Å²) >= 11 is 0. The third kappa shape index (κ3) is 18.8. The maximum atomic E-state index is 3.31. The van der Waals surface area contributed by atoms with E-state index in [1.54, 1.807) is 79.9 Å². The van der Waals surface area contributed by atoms with Crippen LogP contribution in [0.4, 0.5) is 0 Å². The third-order valence-electron chi connectivity index (χ3n) is 40.8. The molecule has 0 bridgehead atoms. The summed E-state index contributed by atoms with van der Waals surface area (Å²) in [5, 5.41) is 0. The van der Waals surface area contributed by atoms with Gasteiger partial charge in [0, 0.05) is 67.0 Å². The van der Waals surface area contributed by atoms with Gasteiger partial charge in [0.2, 0.25) is 0 Å². The number of nitrogens with zero attached hydrogens (tertiary/aromatic N) is 4. The summed E-state index contributed by atoms with van der Waals surface area (Å²) in [5.41, 5.74) is 33.4. The molecular formula is C132H204N4Si4. The number of benzene rings is 4. The number of rotatable bonds is 10. The second-order valence-corrected chi connectivity index (χ2v) is 78.4. The fourth-order valence-electron chi connectivity index (χ4n) is 37.6. The molecule has 768 valence electrons. The van der Waals surface area contributed by atoms with Crippen LogP contribution < -0.4 is 0 Å². The lowest BCUT2D eigenvalue weighted by Gasteiger charge is -2.60. The third-order valence-corrected chi connectivity index (χ3v) is 63.9. The Morgan fingerprint density at radius 3 is 1.04 bits per heavy atom. The van der Waals surface area contributed by atoms with Gasteiger partial charge in [-0.3, -0.25) is 0 Å². The summed E-state index contributed by atoms with van der Waals surface area (Å²) in [7, 11) is -6.81. The molecule has 8 fully saturated rings. The first-order valence-electron chi connectivity index (χ1n) is 58.3. The Morgan fingerprint density at radius 1 is 0.300 bits per heavy atom. The summed E-state index contributed by atoms with van der Waals surface area (Å²) in [6, 6.07) is 41.2. The van der Waals surface area contributed by atoms with E-state index in [2.05, 4.69) is 413 Å². The Morgan fingerprint density at radius 2 is 0.629 bits per heavy atom. The normalized spacial score (nSPS) is 30.2. The van der Waals surface area contributed by atoms with Gasteiger partial charge in [-0.15, -0.1) is 0 Å².